The number of furan rings is 1. The number of amides is 1. The average Bonchev–Trinajstić information content (AvgIpc) is 3.19. The highest BCUT2D eigenvalue weighted by Crippen LogP contribution is 2.35. The highest BCUT2D eigenvalue weighted by molar-refractivity contribution is 5.78. The van der Waals surface area contributed by atoms with E-state index in [4.69, 9.17) is 4.42 Å². The summed E-state index contributed by atoms with van der Waals surface area (Å²) in [5.41, 5.74) is 0. The van der Waals surface area contributed by atoms with Crippen molar-refractivity contribution in [1.29, 1.82) is 0 Å². The number of carbonyl (C=O) groups excluding carboxylic acids is 1. The zero-order valence-electron chi connectivity index (χ0n) is 14.9. The first-order chi connectivity index (χ1) is 11.6. The van der Waals surface area contributed by atoms with Gasteiger partial charge in [-0.2, -0.15) is 0 Å². The van der Waals surface area contributed by atoms with Gasteiger partial charge in [0.05, 0.1) is 12.1 Å². The van der Waals surface area contributed by atoms with Crippen LogP contribution in [0.3, 0.4) is 0 Å². The van der Waals surface area contributed by atoms with Crippen LogP contribution < -0.4 is 0 Å². The molecule has 1 amide bonds. The first kappa shape index (κ1) is 17.5. The van der Waals surface area contributed by atoms with Crippen LogP contribution in [0.25, 0.3) is 0 Å². The van der Waals surface area contributed by atoms with Crippen LogP contribution in [0.5, 0.6) is 0 Å². The molecule has 0 aliphatic carbocycles. The maximum Gasteiger partial charge on any atom is 0.222 e. The molecule has 0 radical (unpaired) electrons. The molecule has 134 valence electrons. The Kier molecular flexibility index (Phi) is 5.61. The normalized spacial score (nSPS) is 27.0. The molecule has 3 rings (SSSR count). The van der Waals surface area contributed by atoms with Crippen LogP contribution in [0, 0.1) is 5.92 Å². The van der Waals surface area contributed by atoms with Gasteiger partial charge in [-0.15, -0.1) is 0 Å². The average molecular weight is 334 g/mol. The Morgan fingerprint density at radius 1 is 1.33 bits per heavy atom. The van der Waals surface area contributed by atoms with Crippen molar-refractivity contribution in [3.05, 3.63) is 23.7 Å². The van der Waals surface area contributed by atoms with Crippen molar-refractivity contribution >= 4 is 5.91 Å². The highest BCUT2D eigenvalue weighted by atomic mass is 16.3. The molecule has 2 aliphatic rings. The molecule has 0 unspecified atom stereocenters. The van der Waals surface area contributed by atoms with Gasteiger partial charge in [0, 0.05) is 32.5 Å². The number of carbonyl (C=O) groups is 1. The lowest BCUT2D eigenvalue weighted by molar-refractivity contribution is -0.129. The molecule has 3 atom stereocenters. The monoisotopic (exact) mass is 334 g/mol. The van der Waals surface area contributed by atoms with E-state index in [1.54, 1.807) is 4.90 Å². The van der Waals surface area contributed by atoms with E-state index in [0.717, 1.165) is 50.3 Å². The van der Waals surface area contributed by atoms with E-state index in [1.807, 2.05) is 0 Å². The third kappa shape index (κ3) is 4.01. The predicted molar refractivity (Wildman–Crippen MR) is 92.6 cm³/mol. The van der Waals surface area contributed by atoms with Gasteiger partial charge in [0.1, 0.15) is 11.5 Å². The summed E-state index contributed by atoms with van der Waals surface area (Å²) in [7, 11) is 0. The maximum absolute atomic E-state index is 11.8. The van der Waals surface area contributed by atoms with E-state index in [9.17, 15) is 9.90 Å². The van der Waals surface area contributed by atoms with Crippen LogP contribution in [0.15, 0.2) is 16.5 Å². The molecule has 2 aliphatic heterocycles. The number of β-amino-alcohol motifs (C(OH)–C–C–N with tert-alkyl or cyclic N) is 1. The van der Waals surface area contributed by atoms with Gasteiger partial charge in [0.2, 0.25) is 5.91 Å². The van der Waals surface area contributed by atoms with Crippen LogP contribution in [-0.2, 0) is 11.2 Å². The van der Waals surface area contributed by atoms with Crippen LogP contribution in [0.4, 0.5) is 0 Å². The van der Waals surface area contributed by atoms with Gasteiger partial charge in [-0.1, -0.05) is 13.8 Å². The molecule has 24 heavy (non-hydrogen) atoms. The molecule has 2 fully saturated rings. The molecular formula is C19H30N2O3. The van der Waals surface area contributed by atoms with Crippen LogP contribution in [-0.4, -0.2) is 53.1 Å². The molecule has 2 saturated heterocycles. The van der Waals surface area contributed by atoms with Crippen LogP contribution >= 0.6 is 0 Å². The third-order valence-electron chi connectivity index (χ3n) is 5.38. The fourth-order valence-electron chi connectivity index (χ4n) is 3.95. The van der Waals surface area contributed by atoms with E-state index >= 15 is 0 Å². The van der Waals surface area contributed by atoms with Gasteiger partial charge in [0.15, 0.2) is 0 Å². The van der Waals surface area contributed by atoms with Crippen molar-refractivity contribution in [2.45, 2.75) is 58.1 Å². The zero-order valence-corrected chi connectivity index (χ0v) is 14.9. The number of likely N-dealkylation sites (tertiary alicyclic amines) is 2. The predicted octanol–water partition coefficient (Wildman–Crippen LogP) is 2.60. The first-order valence-electron chi connectivity index (χ1n) is 9.35. The lowest BCUT2D eigenvalue weighted by Crippen LogP contribution is -2.44. The Bertz CT molecular complexity index is 557. The molecule has 1 N–H and O–H groups in total. The van der Waals surface area contributed by atoms with Crippen molar-refractivity contribution in [2.24, 2.45) is 5.92 Å². The van der Waals surface area contributed by atoms with Crippen LogP contribution in [0.1, 0.15) is 57.1 Å². The third-order valence-corrected chi connectivity index (χ3v) is 5.38. The Hall–Kier alpha value is -1.33. The van der Waals surface area contributed by atoms with E-state index < -0.39 is 6.10 Å². The van der Waals surface area contributed by atoms with E-state index in [1.165, 1.54) is 0 Å². The summed E-state index contributed by atoms with van der Waals surface area (Å²) in [6.07, 6.45) is 4.16. The van der Waals surface area contributed by atoms with Gasteiger partial charge in [-0.25, -0.2) is 0 Å². The fraction of sp³-hybridized carbons (Fsp3) is 0.737. The Morgan fingerprint density at radius 3 is 2.83 bits per heavy atom. The first-order valence-corrected chi connectivity index (χ1v) is 9.35. The highest BCUT2D eigenvalue weighted by Gasteiger charge is 2.32. The molecule has 1 aromatic heterocycles. The standard InChI is InChI=1S/C19H30N2O3/c1-3-16-6-7-18(24-16)17-11-14(2)8-10-20(17)12-15(22)13-21-9-4-5-19(21)23/h6-7,14-15,17,22H,3-5,8-13H2,1-2H3/t14-,15-,17-/m0/s1. The van der Waals surface area contributed by atoms with Crippen molar-refractivity contribution in [2.75, 3.05) is 26.2 Å². The molecular weight excluding hydrogens is 304 g/mol. The summed E-state index contributed by atoms with van der Waals surface area (Å²) in [6, 6.07) is 4.38. The van der Waals surface area contributed by atoms with E-state index in [0.29, 0.717) is 25.4 Å². The quantitative estimate of drug-likeness (QED) is 0.869. The molecule has 0 spiro atoms. The summed E-state index contributed by atoms with van der Waals surface area (Å²) in [5.74, 6) is 2.88. The number of rotatable bonds is 6. The zero-order chi connectivity index (χ0) is 17.1. The van der Waals surface area contributed by atoms with Crippen molar-refractivity contribution < 1.29 is 14.3 Å². The minimum atomic E-state index is -0.497. The second-order valence-electron chi connectivity index (χ2n) is 7.40. The largest absolute Gasteiger partial charge is 0.464 e. The number of aliphatic hydroxyl groups is 1. The number of piperidine rings is 1. The smallest absolute Gasteiger partial charge is 0.222 e. The number of nitrogens with zero attached hydrogens (tertiary/aromatic N) is 2. The van der Waals surface area contributed by atoms with Gasteiger partial charge >= 0.3 is 0 Å². The Morgan fingerprint density at radius 2 is 2.17 bits per heavy atom. The van der Waals surface area contributed by atoms with Crippen molar-refractivity contribution in [3.8, 4) is 0 Å². The number of hydrogen-bond acceptors (Lipinski definition) is 4. The molecule has 1 aromatic rings. The molecule has 3 heterocycles. The summed E-state index contributed by atoms with van der Waals surface area (Å²) >= 11 is 0. The van der Waals surface area contributed by atoms with Gasteiger partial charge < -0.3 is 14.4 Å². The molecule has 5 nitrogen and oxygen atoms in total. The maximum atomic E-state index is 11.8. The summed E-state index contributed by atoms with van der Waals surface area (Å²) in [4.78, 5) is 15.9. The Labute approximate surface area is 144 Å². The molecule has 0 bridgehead atoms. The topological polar surface area (TPSA) is 56.9 Å². The van der Waals surface area contributed by atoms with E-state index in [-0.39, 0.29) is 11.9 Å². The minimum absolute atomic E-state index is 0.177. The molecule has 0 aromatic carbocycles. The molecule has 0 saturated carbocycles. The number of hydrogen-bond donors (Lipinski definition) is 1. The summed E-state index contributed by atoms with van der Waals surface area (Å²) < 4.78 is 6.00. The van der Waals surface area contributed by atoms with Gasteiger partial charge in [-0.3, -0.25) is 9.69 Å². The number of aryl methyl sites for hydroxylation is 1. The van der Waals surface area contributed by atoms with Crippen molar-refractivity contribution in [3.63, 3.8) is 0 Å². The Balaban J connectivity index is 1.63. The van der Waals surface area contributed by atoms with Gasteiger partial charge in [-0.05, 0) is 43.9 Å². The lowest BCUT2D eigenvalue weighted by Gasteiger charge is -2.38. The van der Waals surface area contributed by atoms with Crippen LogP contribution in [0.2, 0.25) is 0 Å². The summed E-state index contributed by atoms with van der Waals surface area (Å²) in [6.45, 7) is 7.20. The number of aliphatic hydroxyl groups excluding tert-OH is 1. The minimum Gasteiger partial charge on any atom is -0.464 e. The lowest BCUT2D eigenvalue weighted by atomic mass is 9.91. The van der Waals surface area contributed by atoms with E-state index in [2.05, 4.69) is 30.9 Å². The second kappa shape index (κ2) is 7.70. The van der Waals surface area contributed by atoms with Gasteiger partial charge in [0.25, 0.3) is 0 Å². The molecule has 5 heteroatoms. The summed E-state index contributed by atoms with van der Waals surface area (Å²) in [5, 5.41) is 10.5. The van der Waals surface area contributed by atoms with Crippen molar-refractivity contribution in [1.82, 2.24) is 9.80 Å². The fourth-order valence-corrected chi connectivity index (χ4v) is 3.95. The SMILES string of the molecule is CCc1ccc([C@@H]2C[C@@H](C)CCN2C[C@H](O)CN2CCCC2=O)o1. The second-order valence-corrected chi connectivity index (χ2v) is 7.40.